The van der Waals surface area contributed by atoms with Crippen molar-refractivity contribution in [3.05, 3.63) is 5.69 Å². The fourth-order valence-electron chi connectivity index (χ4n) is 2.11. The van der Waals surface area contributed by atoms with Crippen LogP contribution < -0.4 is 10.6 Å². The zero-order valence-electron chi connectivity index (χ0n) is 10.5. The first-order valence-corrected chi connectivity index (χ1v) is 7.41. The SMILES string of the molecule is CCNc1nc2c(c(NC3(CO)CC3)n1)SCC2. The standard InChI is InChI=1S/C12H18N4OS/c1-2-13-11-14-8-3-6-18-9(8)10(15-11)16-12(7-17)4-5-12/h17H,2-7H2,1H3,(H2,13,14,15,16). The molecule has 3 N–H and O–H groups in total. The first-order chi connectivity index (χ1) is 8.76. The average molecular weight is 266 g/mol. The molecular formula is C12H18N4OS. The molecule has 0 saturated heterocycles. The van der Waals surface area contributed by atoms with Gasteiger partial charge in [0.15, 0.2) is 0 Å². The summed E-state index contributed by atoms with van der Waals surface area (Å²) in [6.07, 6.45) is 3.04. The van der Waals surface area contributed by atoms with Crippen LogP contribution in [0.2, 0.25) is 0 Å². The highest BCUT2D eigenvalue weighted by Gasteiger charge is 2.43. The molecule has 1 aliphatic carbocycles. The molecule has 0 atom stereocenters. The van der Waals surface area contributed by atoms with Crippen LogP contribution in [-0.2, 0) is 6.42 Å². The van der Waals surface area contributed by atoms with Crippen molar-refractivity contribution in [2.75, 3.05) is 29.5 Å². The number of aromatic nitrogens is 2. The molecule has 98 valence electrons. The fraction of sp³-hybridized carbons (Fsp3) is 0.667. The molecule has 1 fully saturated rings. The van der Waals surface area contributed by atoms with Gasteiger partial charge in [0, 0.05) is 18.7 Å². The summed E-state index contributed by atoms with van der Waals surface area (Å²) in [5.41, 5.74) is 0.997. The number of anilines is 2. The number of aryl methyl sites for hydroxylation is 1. The average Bonchev–Trinajstić information content (AvgIpc) is 2.97. The summed E-state index contributed by atoms with van der Waals surface area (Å²) in [5.74, 6) is 2.65. The predicted octanol–water partition coefficient (Wildman–Crippen LogP) is 1.49. The predicted molar refractivity (Wildman–Crippen MR) is 73.3 cm³/mol. The van der Waals surface area contributed by atoms with Gasteiger partial charge in [0.05, 0.1) is 22.7 Å². The first kappa shape index (κ1) is 12.0. The Morgan fingerprint density at radius 1 is 1.39 bits per heavy atom. The largest absolute Gasteiger partial charge is 0.394 e. The maximum Gasteiger partial charge on any atom is 0.224 e. The van der Waals surface area contributed by atoms with Crippen molar-refractivity contribution in [2.24, 2.45) is 0 Å². The van der Waals surface area contributed by atoms with E-state index in [-0.39, 0.29) is 12.1 Å². The van der Waals surface area contributed by atoms with E-state index in [1.54, 1.807) is 11.8 Å². The van der Waals surface area contributed by atoms with Crippen LogP contribution in [0.15, 0.2) is 4.90 Å². The fourth-order valence-corrected chi connectivity index (χ4v) is 3.16. The molecule has 5 nitrogen and oxygen atoms in total. The number of aliphatic hydroxyl groups excluding tert-OH is 1. The number of nitrogens with one attached hydrogen (secondary N) is 2. The van der Waals surface area contributed by atoms with Gasteiger partial charge in [0.1, 0.15) is 5.82 Å². The Labute approximate surface area is 111 Å². The van der Waals surface area contributed by atoms with E-state index in [4.69, 9.17) is 0 Å². The number of hydrogen-bond acceptors (Lipinski definition) is 6. The third-order valence-corrected chi connectivity index (χ3v) is 4.52. The van der Waals surface area contributed by atoms with Gasteiger partial charge in [-0.05, 0) is 19.8 Å². The zero-order chi connectivity index (χ0) is 12.6. The molecule has 3 rings (SSSR count). The monoisotopic (exact) mass is 266 g/mol. The lowest BCUT2D eigenvalue weighted by Gasteiger charge is -2.18. The molecule has 0 aromatic carbocycles. The van der Waals surface area contributed by atoms with Crippen molar-refractivity contribution in [3.63, 3.8) is 0 Å². The smallest absolute Gasteiger partial charge is 0.224 e. The van der Waals surface area contributed by atoms with Gasteiger partial charge in [-0.15, -0.1) is 11.8 Å². The van der Waals surface area contributed by atoms with Crippen LogP contribution in [0.1, 0.15) is 25.5 Å². The van der Waals surface area contributed by atoms with Gasteiger partial charge in [-0.1, -0.05) is 0 Å². The Morgan fingerprint density at radius 2 is 2.22 bits per heavy atom. The van der Waals surface area contributed by atoms with Gasteiger partial charge >= 0.3 is 0 Å². The van der Waals surface area contributed by atoms with E-state index in [1.165, 1.54) is 0 Å². The van der Waals surface area contributed by atoms with Crippen molar-refractivity contribution in [3.8, 4) is 0 Å². The summed E-state index contributed by atoms with van der Waals surface area (Å²) in [5, 5.41) is 16.0. The van der Waals surface area contributed by atoms with Crippen LogP contribution in [-0.4, -0.2) is 39.5 Å². The van der Waals surface area contributed by atoms with E-state index < -0.39 is 0 Å². The molecule has 1 aromatic heterocycles. The molecule has 2 aliphatic rings. The summed E-state index contributed by atoms with van der Waals surface area (Å²) in [7, 11) is 0. The first-order valence-electron chi connectivity index (χ1n) is 6.43. The lowest BCUT2D eigenvalue weighted by molar-refractivity contribution is 0.265. The van der Waals surface area contributed by atoms with Crippen LogP contribution in [0.3, 0.4) is 0 Å². The number of nitrogens with zero attached hydrogens (tertiary/aromatic N) is 2. The molecule has 0 amide bonds. The van der Waals surface area contributed by atoms with Gasteiger partial charge in [-0.25, -0.2) is 4.98 Å². The number of aliphatic hydroxyl groups is 1. The highest BCUT2D eigenvalue weighted by atomic mass is 32.2. The lowest BCUT2D eigenvalue weighted by atomic mass is 10.2. The van der Waals surface area contributed by atoms with Crippen molar-refractivity contribution in [1.29, 1.82) is 0 Å². The molecule has 2 heterocycles. The summed E-state index contributed by atoms with van der Waals surface area (Å²) >= 11 is 1.80. The summed E-state index contributed by atoms with van der Waals surface area (Å²) in [6.45, 7) is 3.03. The normalized spacial score (nSPS) is 19.4. The Hall–Kier alpha value is -1.01. The lowest BCUT2D eigenvalue weighted by Crippen LogP contribution is -2.27. The van der Waals surface area contributed by atoms with Crippen LogP contribution >= 0.6 is 11.8 Å². The van der Waals surface area contributed by atoms with Crippen LogP contribution in [0.25, 0.3) is 0 Å². The van der Waals surface area contributed by atoms with Crippen molar-refractivity contribution < 1.29 is 5.11 Å². The summed E-state index contributed by atoms with van der Waals surface area (Å²) < 4.78 is 0. The third kappa shape index (κ3) is 2.14. The molecule has 0 bridgehead atoms. The van der Waals surface area contributed by atoms with Gasteiger partial charge in [0.25, 0.3) is 0 Å². The van der Waals surface area contributed by atoms with Gasteiger partial charge in [-0.2, -0.15) is 4.98 Å². The maximum atomic E-state index is 9.41. The van der Waals surface area contributed by atoms with Crippen molar-refractivity contribution in [1.82, 2.24) is 9.97 Å². The minimum Gasteiger partial charge on any atom is -0.394 e. The van der Waals surface area contributed by atoms with Crippen LogP contribution in [0.4, 0.5) is 11.8 Å². The van der Waals surface area contributed by atoms with E-state index >= 15 is 0 Å². The Bertz CT molecular complexity index is 462. The third-order valence-electron chi connectivity index (χ3n) is 3.40. The highest BCUT2D eigenvalue weighted by molar-refractivity contribution is 7.99. The van der Waals surface area contributed by atoms with Crippen LogP contribution in [0, 0.1) is 0 Å². The van der Waals surface area contributed by atoms with E-state index in [0.29, 0.717) is 5.95 Å². The van der Waals surface area contributed by atoms with Crippen molar-refractivity contribution >= 4 is 23.5 Å². The summed E-state index contributed by atoms with van der Waals surface area (Å²) in [6, 6.07) is 0. The molecular weight excluding hydrogens is 248 g/mol. The highest BCUT2D eigenvalue weighted by Crippen LogP contribution is 2.42. The van der Waals surface area contributed by atoms with E-state index in [0.717, 1.165) is 48.0 Å². The molecule has 1 aromatic rings. The second kappa shape index (κ2) is 4.59. The summed E-state index contributed by atoms with van der Waals surface area (Å²) in [4.78, 5) is 10.2. The molecule has 6 heteroatoms. The van der Waals surface area contributed by atoms with Gasteiger partial charge < -0.3 is 15.7 Å². The second-order valence-corrected chi connectivity index (χ2v) is 5.97. The van der Waals surface area contributed by atoms with Crippen molar-refractivity contribution in [2.45, 2.75) is 36.6 Å². The Kier molecular flexibility index (Phi) is 3.07. The Balaban J connectivity index is 1.91. The number of rotatable bonds is 5. The number of hydrogen-bond donors (Lipinski definition) is 3. The van der Waals surface area contributed by atoms with Gasteiger partial charge in [0.2, 0.25) is 5.95 Å². The zero-order valence-corrected chi connectivity index (χ0v) is 11.3. The minimum atomic E-state index is -0.130. The van der Waals surface area contributed by atoms with Gasteiger partial charge in [-0.3, -0.25) is 0 Å². The van der Waals surface area contributed by atoms with E-state index in [9.17, 15) is 5.11 Å². The molecule has 0 spiro atoms. The van der Waals surface area contributed by atoms with E-state index in [2.05, 4.69) is 20.6 Å². The minimum absolute atomic E-state index is 0.130. The van der Waals surface area contributed by atoms with E-state index in [1.807, 2.05) is 6.92 Å². The number of thioether (sulfide) groups is 1. The molecule has 0 radical (unpaired) electrons. The maximum absolute atomic E-state index is 9.41. The Morgan fingerprint density at radius 3 is 2.89 bits per heavy atom. The second-order valence-electron chi connectivity index (χ2n) is 4.86. The quantitative estimate of drug-likeness (QED) is 0.750. The number of fused-ring (bicyclic) bond motifs is 1. The molecule has 18 heavy (non-hydrogen) atoms. The van der Waals surface area contributed by atoms with Crippen LogP contribution in [0.5, 0.6) is 0 Å². The molecule has 0 unspecified atom stereocenters. The molecule has 1 aliphatic heterocycles. The topological polar surface area (TPSA) is 70.1 Å². The molecule has 1 saturated carbocycles.